The summed E-state index contributed by atoms with van der Waals surface area (Å²) >= 11 is 1.89. The minimum absolute atomic E-state index is 0.231. The van der Waals surface area contributed by atoms with Gasteiger partial charge in [-0.25, -0.2) is 0 Å². The number of nitrogens with zero attached hydrogens (tertiary/aromatic N) is 3. The van der Waals surface area contributed by atoms with Crippen molar-refractivity contribution in [2.45, 2.75) is 23.5 Å². The van der Waals surface area contributed by atoms with Crippen LogP contribution >= 0.6 is 11.8 Å². The predicted molar refractivity (Wildman–Crippen MR) is 127 cm³/mol. The van der Waals surface area contributed by atoms with E-state index in [9.17, 15) is 4.79 Å². The van der Waals surface area contributed by atoms with Crippen LogP contribution in [0.25, 0.3) is 6.08 Å². The summed E-state index contributed by atoms with van der Waals surface area (Å²) in [5.41, 5.74) is 2.33. The molecule has 2 heterocycles. The number of para-hydroxylation sites is 1. The first-order valence-corrected chi connectivity index (χ1v) is 11.8. The number of anilines is 1. The second kappa shape index (κ2) is 10.3. The normalized spacial score (nSPS) is 20.8. The highest BCUT2D eigenvalue weighted by molar-refractivity contribution is 8.00. The fourth-order valence-electron chi connectivity index (χ4n) is 4.05. The van der Waals surface area contributed by atoms with Crippen LogP contribution in [0.3, 0.4) is 0 Å². The lowest BCUT2D eigenvalue weighted by Crippen LogP contribution is -2.50. The van der Waals surface area contributed by atoms with Gasteiger partial charge in [-0.2, -0.15) is 0 Å². The van der Waals surface area contributed by atoms with Crippen molar-refractivity contribution >= 4 is 29.4 Å². The molecule has 2 aromatic rings. The SMILES string of the molecule is C[C@@H]1CCN(C(=O)CN2CCN(C/C=C/c3ccccc3)CC2)c2ccccc2S1. The fraction of sp³-hybridized carbons (Fsp3) is 0.400. The van der Waals surface area contributed by atoms with Crippen LogP contribution in [0, 0.1) is 0 Å². The number of piperazine rings is 1. The molecule has 158 valence electrons. The molecule has 0 N–H and O–H groups in total. The van der Waals surface area contributed by atoms with Crippen molar-refractivity contribution in [1.29, 1.82) is 0 Å². The van der Waals surface area contributed by atoms with E-state index in [4.69, 9.17) is 0 Å². The van der Waals surface area contributed by atoms with Gasteiger partial charge >= 0.3 is 0 Å². The van der Waals surface area contributed by atoms with Gasteiger partial charge < -0.3 is 4.90 Å². The number of rotatable bonds is 5. The van der Waals surface area contributed by atoms with Crippen LogP contribution in [0.1, 0.15) is 18.9 Å². The van der Waals surface area contributed by atoms with Crippen LogP contribution in [0.2, 0.25) is 0 Å². The molecule has 30 heavy (non-hydrogen) atoms. The van der Waals surface area contributed by atoms with Crippen LogP contribution in [0.4, 0.5) is 5.69 Å². The molecule has 0 aromatic heterocycles. The number of amides is 1. The summed E-state index contributed by atoms with van der Waals surface area (Å²) in [5.74, 6) is 0.231. The first-order chi connectivity index (χ1) is 14.7. The molecule has 2 aromatic carbocycles. The number of benzene rings is 2. The molecule has 0 unspecified atom stereocenters. The second-order valence-corrected chi connectivity index (χ2v) is 9.60. The van der Waals surface area contributed by atoms with Crippen LogP contribution in [-0.4, -0.2) is 66.8 Å². The van der Waals surface area contributed by atoms with E-state index >= 15 is 0 Å². The maximum Gasteiger partial charge on any atom is 0.241 e. The molecule has 1 fully saturated rings. The van der Waals surface area contributed by atoms with Gasteiger partial charge in [0.1, 0.15) is 0 Å². The Morgan fingerprint density at radius 2 is 1.67 bits per heavy atom. The van der Waals surface area contributed by atoms with Gasteiger partial charge in [-0.05, 0) is 24.1 Å². The molecule has 5 heteroatoms. The van der Waals surface area contributed by atoms with Crippen molar-refractivity contribution in [1.82, 2.24) is 9.80 Å². The molecule has 1 amide bonds. The number of hydrogen-bond donors (Lipinski definition) is 0. The molecule has 0 bridgehead atoms. The first-order valence-electron chi connectivity index (χ1n) is 10.9. The molecule has 2 aliphatic rings. The van der Waals surface area contributed by atoms with E-state index in [1.807, 2.05) is 28.8 Å². The number of hydrogen-bond acceptors (Lipinski definition) is 4. The van der Waals surface area contributed by atoms with E-state index in [0.717, 1.165) is 51.4 Å². The summed E-state index contributed by atoms with van der Waals surface area (Å²) in [6.45, 7) is 8.46. The van der Waals surface area contributed by atoms with Crippen LogP contribution in [-0.2, 0) is 4.79 Å². The first kappa shape index (κ1) is 21.2. The Hall–Kier alpha value is -2.08. The smallest absolute Gasteiger partial charge is 0.241 e. The zero-order chi connectivity index (χ0) is 20.8. The van der Waals surface area contributed by atoms with Gasteiger partial charge in [0.15, 0.2) is 0 Å². The topological polar surface area (TPSA) is 26.8 Å². The average molecular weight is 422 g/mol. The minimum Gasteiger partial charge on any atom is -0.310 e. The summed E-state index contributed by atoms with van der Waals surface area (Å²) in [6.07, 6.45) is 5.46. The highest BCUT2D eigenvalue weighted by Crippen LogP contribution is 2.37. The van der Waals surface area contributed by atoms with Gasteiger partial charge in [-0.1, -0.05) is 61.5 Å². The summed E-state index contributed by atoms with van der Waals surface area (Å²) in [4.78, 5) is 21.2. The van der Waals surface area contributed by atoms with Crippen LogP contribution in [0.15, 0.2) is 65.6 Å². The standard InChI is InChI=1S/C25H31N3OS/c1-21-13-15-28(23-11-5-6-12-24(23)30-21)25(29)20-27-18-16-26(17-19-27)14-7-10-22-8-3-2-4-9-22/h2-12,21H,13-20H2,1H3/b10-7+/t21-/m1/s1. The summed E-state index contributed by atoms with van der Waals surface area (Å²) < 4.78 is 0. The highest BCUT2D eigenvalue weighted by atomic mass is 32.2. The largest absolute Gasteiger partial charge is 0.310 e. The Bertz CT molecular complexity index is 862. The van der Waals surface area contributed by atoms with E-state index in [2.05, 4.69) is 71.3 Å². The zero-order valence-corrected chi connectivity index (χ0v) is 18.6. The third-order valence-corrected chi connectivity index (χ3v) is 7.08. The lowest BCUT2D eigenvalue weighted by atomic mass is 10.2. The number of carbonyl (C=O) groups is 1. The number of thioether (sulfide) groups is 1. The monoisotopic (exact) mass is 421 g/mol. The molecule has 0 saturated carbocycles. The highest BCUT2D eigenvalue weighted by Gasteiger charge is 2.26. The van der Waals surface area contributed by atoms with E-state index in [-0.39, 0.29) is 5.91 Å². The van der Waals surface area contributed by atoms with Crippen molar-refractivity contribution in [3.63, 3.8) is 0 Å². The Labute approximate surface area is 184 Å². The molecular formula is C25H31N3OS. The fourth-order valence-corrected chi connectivity index (χ4v) is 5.17. The quantitative estimate of drug-likeness (QED) is 0.722. The van der Waals surface area contributed by atoms with Gasteiger partial charge in [0.25, 0.3) is 0 Å². The maximum absolute atomic E-state index is 13.1. The maximum atomic E-state index is 13.1. The van der Waals surface area contributed by atoms with Crippen molar-refractivity contribution in [2.24, 2.45) is 0 Å². The van der Waals surface area contributed by atoms with E-state index in [1.54, 1.807) is 0 Å². The number of carbonyl (C=O) groups excluding carboxylic acids is 1. The van der Waals surface area contributed by atoms with Crippen molar-refractivity contribution in [2.75, 3.05) is 50.7 Å². The third-order valence-electron chi connectivity index (χ3n) is 5.84. The molecule has 0 aliphatic carbocycles. The van der Waals surface area contributed by atoms with E-state index in [1.165, 1.54) is 10.5 Å². The van der Waals surface area contributed by atoms with Gasteiger partial charge in [-0.3, -0.25) is 14.6 Å². The van der Waals surface area contributed by atoms with Crippen LogP contribution in [0.5, 0.6) is 0 Å². The lowest BCUT2D eigenvalue weighted by Gasteiger charge is -2.35. The summed E-state index contributed by atoms with van der Waals surface area (Å²) in [6, 6.07) is 18.8. The minimum atomic E-state index is 0.231. The Balaban J connectivity index is 1.28. The Kier molecular flexibility index (Phi) is 7.26. The molecule has 0 radical (unpaired) electrons. The zero-order valence-electron chi connectivity index (χ0n) is 17.7. The molecule has 1 saturated heterocycles. The van der Waals surface area contributed by atoms with E-state index < -0.39 is 0 Å². The molecule has 2 aliphatic heterocycles. The number of fused-ring (bicyclic) bond motifs is 1. The van der Waals surface area contributed by atoms with Crippen molar-refractivity contribution in [3.05, 3.63) is 66.2 Å². The molecule has 1 atom stereocenters. The third kappa shape index (κ3) is 5.54. The molecule has 4 nitrogen and oxygen atoms in total. The van der Waals surface area contributed by atoms with E-state index in [0.29, 0.717) is 11.8 Å². The Morgan fingerprint density at radius 1 is 0.967 bits per heavy atom. The van der Waals surface area contributed by atoms with Gasteiger partial charge in [0, 0.05) is 49.4 Å². The molecular weight excluding hydrogens is 390 g/mol. The molecule has 0 spiro atoms. The summed E-state index contributed by atoms with van der Waals surface area (Å²) in [7, 11) is 0. The summed E-state index contributed by atoms with van der Waals surface area (Å²) in [5, 5.41) is 0.538. The van der Waals surface area contributed by atoms with Gasteiger partial charge in [0.05, 0.1) is 12.2 Å². The Morgan fingerprint density at radius 3 is 2.47 bits per heavy atom. The molecule has 4 rings (SSSR count). The van der Waals surface area contributed by atoms with Gasteiger partial charge in [0.2, 0.25) is 5.91 Å². The van der Waals surface area contributed by atoms with Gasteiger partial charge in [-0.15, -0.1) is 11.8 Å². The van der Waals surface area contributed by atoms with Crippen LogP contribution < -0.4 is 4.90 Å². The lowest BCUT2D eigenvalue weighted by molar-refractivity contribution is -0.120. The predicted octanol–water partition coefficient (Wildman–Crippen LogP) is 4.23. The second-order valence-electron chi connectivity index (χ2n) is 8.12. The average Bonchev–Trinajstić information content (AvgIpc) is 2.94. The van der Waals surface area contributed by atoms with Crippen molar-refractivity contribution < 1.29 is 4.79 Å². The van der Waals surface area contributed by atoms with Crippen molar-refractivity contribution in [3.8, 4) is 0 Å².